The predicted octanol–water partition coefficient (Wildman–Crippen LogP) is 5.57. The van der Waals surface area contributed by atoms with Gasteiger partial charge in [0.1, 0.15) is 17.4 Å². The first-order valence-corrected chi connectivity index (χ1v) is 14.2. The van der Waals surface area contributed by atoms with Crippen LogP contribution in [0.4, 0.5) is 0 Å². The smallest absolute Gasteiger partial charge is 0.310 e. The Kier molecular flexibility index (Phi) is 6.61. The Balaban J connectivity index is 1.44. The third-order valence-corrected chi connectivity index (χ3v) is 9.07. The molecule has 3 heterocycles. The lowest BCUT2D eigenvalue weighted by Crippen LogP contribution is -2.35. The number of benzene rings is 2. The molecule has 6 rings (SSSR count). The molecule has 2 aromatic heterocycles. The summed E-state index contributed by atoms with van der Waals surface area (Å²) in [7, 11) is 1.87. The molecule has 1 aliphatic heterocycles. The molecule has 0 saturated heterocycles. The standard InChI is InChI=1S/C32H37N5O3/c1-6-23-18-37(17-22-16-33-14-13-28(22)40-23)26-11-9-20-7-8-21(15-25(20)26)29(32(3,4)31(38)39)24-10-12-27-30(19(24)2)34-35-36(27)5/h7-8,10,12-16,23,26,29H,6,9,11,17-18H2,1-5H3,(H,38,39)/t23-,26-,29?/m1/s1. The fourth-order valence-electron chi connectivity index (χ4n) is 6.69. The van der Waals surface area contributed by atoms with Gasteiger partial charge in [-0.3, -0.25) is 14.7 Å². The monoisotopic (exact) mass is 539 g/mol. The van der Waals surface area contributed by atoms with Gasteiger partial charge in [-0.15, -0.1) is 5.10 Å². The highest BCUT2D eigenvalue weighted by Crippen LogP contribution is 2.46. The van der Waals surface area contributed by atoms with Crippen molar-refractivity contribution in [2.45, 2.75) is 71.6 Å². The number of aryl methyl sites for hydroxylation is 3. The number of hydrogen-bond acceptors (Lipinski definition) is 6. The van der Waals surface area contributed by atoms with Crippen molar-refractivity contribution >= 4 is 17.0 Å². The van der Waals surface area contributed by atoms with Crippen molar-refractivity contribution in [2.75, 3.05) is 6.54 Å². The third-order valence-electron chi connectivity index (χ3n) is 9.07. The van der Waals surface area contributed by atoms with Gasteiger partial charge in [-0.1, -0.05) is 36.4 Å². The molecule has 0 fully saturated rings. The van der Waals surface area contributed by atoms with Crippen LogP contribution >= 0.6 is 0 Å². The highest BCUT2D eigenvalue weighted by Gasteiger charge is 2.41. The second-order valence-electron chi connectivity index (χ2n) is 11.9. The summed E-state index contributed by atoms with van der Waals surface area (Å²) in [6.45, 7) is 9.47. The molecule has 3 atom stereocenters. The Morgan fingerprint density at radius 2 is 2.02 bits per heavy atom. The van der Waals surface area contributed by atoms with Crippen LogP contribution in [0.25, 0.3) is 11.0 Å². The average Bonchev–Trinajstić information content (AvgIpc) is 3.47. The maximum absolute atomic E-state index is 12.7. The van der Waals surface area contributed by atoms with Crippen LogP contribution in [0.15, 0.2) is 48.8 Å². The Bertz CT molecular complexity index is 1590. The SMILES string of the molecule is CC[C@@H]1CN([C@@H]2CCc3ccc(C(c4ccc5c(nnn5C)c4C)C(C)(C)C(=O)O)cc32)Cc2cnccc2O1. The lowest BCUT2D eigenvalue weighted by atomic mass is 9.69. The van der Waals surface area contributed by atoms with Crippen LogP contribution in [0.5, 0.6) is 5.75 Å². The number of ether oxygens (including phenoxy) is 1. The fraction of sp³-hybridized carbons (Fsp3) is 0.438. The molecule has 0 spiro atoms. The molecular weight excluding hydrogens is 502 g/mol. The largest absolute Gasteiger partial charge is 0.489 e. The molecule has 8 nitrogen and oxygen atoms in total. The van der Waals surface area contributed by atoms with Crippen molar-refractivity contribution in [2.24, 2.45) is 12.5 Å². The molecule has 2 aromatic carbocycles. The van der Waals surface area contributed by atoms with Crippen LogP contribution in [0, 0.1) is 12.3 Å². The minimum Gasteiger partial charge on any atom is -0.489 e. The van der Waals surface area contributed by atoms with Gasteiger partial charge in [0.15, 0.2) is 0 Å². The van der Waals surface area contributed by atoms with Gasteiger partial charge in [-0.2, -0.15) is 0 Å². The summed E-state index contributed by atoms with van der Waals surface area (Å²) in [4.78, 5) is 19.6. The van der Waals surface area contributed by atoms with Gasteiger partial charge in [-0.25, -0.2) is 4.68 Å². The molecule has 208 valence electrons. The van der Waals surface area contributed by atoms with Crippen LogP contribution in [0.1, 0.15) is 79.0 Å². The number of carbonyl (C=O) groups is 1. The van der Waals surface area contributed by atoms with E-state index >= 15 is 0 Å². The summed E-state index contributed by atoms with van der Waals surface area (Å²) < 4.78 is 8.12. The maximum atomic E-state index is 12.7. The molecule has 1 N–H and O–H groups in total. The number of nitrogens with zero attached hydrogens (tertiary/aromatic N) is 5. The van der Waals surface area contributed by atoms with Crippen molar-refractivity contribution < 1.29 is 14.6 Å². The number of fused-ring (bicyclic) bond motifs is 3. The lowest BCUT2D eigenvalue weighted by Gasteiger charge is -2.34. The molecular formula is C32H37N5O3. The zero-order valence-corrected chi connectivity index (χ0v) is 23.9. The first kappa shape index (κ1) is 26.4. The van der Waals surface area contributed by atoms with E-state index < -0.39 is 11.4 Å². The number of aliphatic carboxylic acids is 1. The van der Waals surface area contributed by atoms with Gasteiger partial charge in [0.2, 0.25) is 0 Å². The fourth-order valence-corrected chi connectivity index (χ4v) is 6.69. The van der Waals surface area contributed by atoms with E-state index in [9.17, 15) is 9.90 Å². The first-order chi connectivity index (χ1) is 19.2. The van der Waals surface area contributed by atoms with Gasteiger partial charge >= 0.3 is 5.97 Å². The summed E-state index contributed by atoms with van der Waals surface area (Å²) in [5.74, 6) is -0.258. The Morgan fingerprint density at radius 3 is 2.80 bits per heavy atom. The molecule has 40 heavy (non-hydrogen) atoms. The van der Waals surface area contributed by atoms with Crippen molar-refractivity contribution in [3.63, 3.8) is 0 Å². The van der Waals surface area contributed by atoms with E-state index in [4.69, 9.17) is 4.74 Å². The molecule has 0 radical (unpaired) electrons. The van der Waals surface area contributed by atoms with E-state index in [1.54, 1.807) is 10.9 Å². The zero-order chi connectivity index (χ0) is 28.2. The first-order valence-electron chi connectivity index (χ1n) is 14.2. The van der Waals surface area contributed by atoms with Crippen LogP contribution < -0.4 is 4.74 Å². The van der Waals surface area contributed by atoms with Gasteiger partial charge in [0.05, 0.1) is 10.9 Å². The number of hydrogen-bond donors (Lipinski definition) is 1. The average molecular weight is 540 g/mol. The molecule has 8 heteroatoms. The van der Waals surface area contributed by atoms with Crippen LogP contribution in [-0.2, 0) is 24.8 Å². The molecule has 0 amide bonds. The summed E-state index contributed by atoms with van der Waals surface area (Å²) in [5, 5.41) is 19.0. The van der Waals surface area contributed by atoms with Crippen molar-refractivity contribution in [3.8, 4) is 5.75 Å². The highest BCUT2D eigenvalue weighted by atomic mass is 16.5. The van der Waals surface area contributed by atoms with Gasteiger partial charge in [0.25, 0.3) is 0 Å². The van der Waals surface area contributed by atoms with Crippen molar-refractivity contribution in [3.05, 3.63) is 82.2 Å². The van der Waals surface area contributed by atoms with Gasteiger partial charge in [-0.05, 0) is 80.0 Å². The van der Waals surface area contributed by atoms with Crippen LogP contribution in [0.3, 0.4) is 0 Å². The number of carboxylic acid groups (broad SMARTS) is 1. The topological polar surface area (TPSA) is 93.4 Å². The summed E-state index contributed by atoms with van der Waals surface area (Å²) in [6.07, 6.45) is 6.79. The van der Waals surface area contributed by atoms with E-state index in [1.807, 2.05) is 46.1 Å². The third kappa shape index (κ3) is 4.35. The molecule has 2 aliphatic rings. The predicted molar refractivity (Wildman–Crippen MR) is 153 cm³/mol. The normalized spacial score (nSPS) is 20.0. The Morgan fingerprint density at radius 1 is 1.20 bits per heavy atom. The van der Waals surface area contributed by atoms with Gasteiger partial charge < -0.3 is 9.84 Å². The lowest BCUT2D eigenvalue weighted by molar-refractivity contribution is -0.147. The van der Waals surface area contributed by atoms with Crippen molar-refractivity contribution in [1.29, 1.82) is 0 Å². The number of pyridine rings is 1. The molecule has 1 aliphatic carbocycles. The molecule has 4 aromatic rings. The minimum absolute atomic E-state index is 0.107. The maximum Gasteiger partial charge on any atom is 0.310 e. The Labute approximate surface area is 235 Å². The second-order valence-corrected chi connectivity index (χ2v) is 11.9. The molecule has 0 bridgehead atoms. The van der Waals surface area contributed by atoms with E-state index in [2.05, 4.69) is 51.4 Å². The van der Waals surface area contributed by atoms with E-state index in [0.717, 1.165) is 71.4 Å². The number of rotatable bonds is 6. The van der Waals surface area contributed by atoms with E-state index in [0.29, 0.717) is 0 Å². The van der Waals surface area contributed by atoms with E-state index in [-0.39, 0.29) is 18.1 Å². The minimum atomic E-state index is -1.04. The number of carboxylic acids is 1. The summed E-state index contributed by atoms with van der Waals surface area (Å²) in [6, 6.07) is 12.9. The quantitative estimate of drug-likeness (QED) is 0.342. The highest BCUT2D eigenvalue weighted by molar-refractivity contribution is 5.81. The van der Waals surface area contributed by atoms with Crippen molar-refractivity contribution in [1.82, 2.24) is 24.9 Å². The molecule has 0 saturated carbocycles. The second kappa shape index (κ2) is 10.0. The van der Waals surface area contributed by atoms with Gasteiger partial charge in [0, 0.05) is 50.1 Å². The summed E-state index contributed by atoms with van der Waals surface area (Å²) in [5.41, 5.74) is 7.42. The van der Waals surface area contributed by atoms with Crippen LogP contribution in [-0.4, -0.2) is 48.6 Å². The van der Waals surface area contributed by atoms with E-state index in [1.165, 1.54) is 11.1 Å². The summed E-state index contributed by atoms with van der Waals surface area (Å²) >= 11 is 0. The van der Waals surface area contributed by atoms with Crippen LogP contribution in [0.2, 0.25) is 0 Å². The number of aromatic nitrogens is 4. The molecule has 1 unspecified atom stereocenters. The zero-order valence-electron chi connectivity index (χ0n) is 23.9. The Hall–Kier alpha value is -3.78.